The predicted molar refractivity (Wildman–Crippen MR) is 171 cm³/mol. The minimum Gasteiger partial charge on any atom is -0.479 e. The van der Waals surface area contributed by atoms with Crippen LogP contribution < -0.4 is 16.0 Å². The number of nitrogens with one attached hydrogen (secondary N) is 3. The number of carbonyl (C=O) groups excluding carboxylic acids is 3. The zero-order chi connectivity index (χ0) is 37.3. The SMILES string of the molecule is CCC[C@H](OC1C(NC(C)=O)[C@H](O[C@@H]2CC(C(=O)CCCNC)CC(NC(C)=O)[C@H]2O[C@@H]2OC(C)[C@@H](O)[C@H](O)C2O)O[C@@H](CO)[C@@H]1O)C(=O)O. The summed E-state index contributed by atoms with van der Waals surface area (Å²) in [4.78, 5) is 50.4. The van der Waals surface area contributed by atoms with Crippen molar-refractivity contribution in [3.05, 3.63) is 0 Å². The Balaban J connectivity index is 2.05. The van der Waals surface area contributed by atoms with Crippen molar-refractivity contribution in [1.82, 2.24) is 16.0 Å². The van der Waals surface area contributed by atoms with Gasteiger partial charge in [0.2, 0.25) is 11.8 Å². The first-order valence-electron chi connectivity index (χ1n) is 17.2. The van der Waals surface area contributed by atoms with E-state index in [4.69, 9.17) is 23.7 Å². The standard InChI is InChI=1S/C32H55N3O15/c1-6-8-20(30(44)45)47-29-23(35-16(4)38)31(49-22(13-36)25(29)41)48-21-12-17(19(39)9-7-10-33-5)11-18(34-15(3)37)28(21)50-32-27(43)26(42)24(40)14(2)46-32/h14,17-18,20-29,31-33,36,40-43H,6-13H2,1-5H3,(H,34,37)(H,35,38)(H,44,45)/t14?,17?,18?,20-,21+,22-,23?,24+,25-,26-,27?,28+,29?,31+,32-/m0/s1. The van der Waals surface area contributed by atoms with Gasteiger partial charge in [0.1, 0.15) is 54.6 Å². The van der Waals surface area contributed by atoms with E-state index in [-0.39, 0.29) is 31.5 Å². The molecule has 3 fully saturated rings. The lowest BCUT2D eigenvalue weighted by atomic mass is 9.78. The summed E-state index contributed by atoms with van der Waals surface area (Å²) in [6, 6.07) is -2.27. The largest absolute Gasteiger partial charge is 0.479 e. The number of hydrogen-bond acceptors (Lipinski definition) is 15. The number of aliphatic hydroxyl groups is 5. The molecule has 15 atom stereocenters. The smallest absolute Gasteiger partial charge is 0.332 e. The van der Waals surface area contributed by atoms with Crippen LogP contribution in [0.15, 0.2) is 0 Å². The molecule has 9 N–H and O–H groups in total. The van der Waals surface area contributed by atoms with Crippen molar-refractivity contribution in [2.45, 2.75) is 152 Å². The Bertz CT molecular complexity index is 1130. The summed E-state index contributed by atoms with van der Waals surface area (Å²) >= 11 is 0. The number of rotatable bonds is 17. The number of carboxylic acids is 1. The third-order valence-electron chi connectivity index (χ3n) is 9.29. The fourth-order valence-electron chi connectivity index (χ4n) is 6.72. The van der Waals surface area contributed by atoms with Gasteiger partial charge in [-0.05, 0) is 46.2 Å². The summed E-state index contributed by atoms with van der Waals surface area (Å²) in [5.74, 6) is -3.19. The first-order valence-corrected chi connectivity index (χ1v) is 17.2. The number of ether oxygens (including phenoxy) is 5. The third-order valence-corrected chi connectivity index (χ3v) is 9.29. The zero-order valence-electron chi connectivity index (χ0n) is 29.2. The second-order valence-electron chi connectivity index (χ2n) is 13.3. The molecule has 3 aliphatic rings. The Morgan fingerprint density at radius 1 is 0.880 bits per heavy atom. The lowest BCUT2D eigenvalue weighted by Gasteiger charge is -2.49. The van der Waals surface area contributed by atoms with Crippen molar-refractivity contribution in [3.63, 3.8) is 0 Å². The molecule has 288 valence electrons. The summed E-state index contributed by atoms with van der Waals surface area (Å²) in [5, 5.41) is 71.0. The van der Waals surface area contributed by atoms with E-state index in [1.165, 1.54) is 20.8 Å². The second kappa shape index (κ2) is 19.5. The molecule has 2 saturated heterocycles. The average molecular weight is 722 g/mol. The minimum absolute atomic E-state index is 0.0131. The Hall–Kier alpha value is -2.36. The highest BCUT2D eigenvalue weighted by Crippen LogP contribution is 2.36. The Labute approximate surface area is 291 Å². The maximum atomic E-state index is 13.5. The van der Waals surface area contributed by atoms with Crippen LogP contribution in [0.2, 0.25) is 0 Å². The number of Topliss-reactive ketones (excluding diaryl/α,β-unsaturated/α-hetero) is 1. The highest BCUT2D eigenvalue weighted by Gasteiger charge is 2.53. The second-order valence-corrected chi connectivity index (χ2v) is 13.3. The quantitative estimate of drug-likeness (QED) is 0.0691. The Morgan fingerprint density at radius 3 is 2.14 bits per heavy atom. The molecule has 0 spiro atoms. The fraction of sp³-hybridized carbons (Fsp3) is 0.875. The molecule has 0 aromatic heterocycles. The molecule has 2 heterocycles. The molecule has 0 aromatic carbocycles. The van der Waals surface area contributed by atoms with Gasteiger partial charge in [0.15, 0.2) is 18.7 Å². The maximum absolute atomic E-state index is 13.5. The number of ketones is 1. The summed E-state index contributed by atoms with van der Waals surface area (Å²) < 4.78 is 30.2. The van der Waals surface area contributed by atoms with E-state index >= 15 is 0 Å². The molecular weight excluding hydrogens is 666 g/mol. The molecule has 0 bridgehead atoms. The van der Waals surface area contributed by atoms with Gasteiger partial charge < -0.3 is 70.3 Å². The van der Waals surface area contributed by atoms with Gasteiger partial charge in [0, 0.05) is 26.2 Å². The summed E-state index contributed by atoms with van der Waals surface area (Å²) in [6.45, 7) is 5.49. The number of aliphatic carboxylic acids is 1. The lowest BCUT2D eigenvalue weighted by molar-refractivity contribution is -0.335. The van der Waals surface area contributed by atoms with Gasteiger partial charge in [-0.2, -0.15) is 0 Å². The summed E-state index contributed by atoms with van der Waals surface area (Å²) in [6.07, 6.45) is -15.7. The fourth-order valence-corrected chi connectivity index (χ4v) is 6.72. The highest BCUT2D eigenvalue weighted by atomic mass is 16.7. The van der Waals surface area contributed by atoms with Gasteiger partial charge in [-0.15, -0.1) is 0 Å². The number of aliphatic hydroxyl groups excluding tert-OH is 5. The number of carbonyl (C=O) groups is 4. The minimum atomic E-state index is -1.72. The van der Waals surface area contributed by atoms with E-state index in [0.29, 0.717) is 19.4 Å². The van der Waals surface area contributed by atoms with Crippen LogP contribution in [0.3, 0.4) is 0 Å². The van der Waals surface area contributed by atoms with Crippen molar-refractivity contribution < 1.29 is 73.5 Å². The van der Waals surface area contributed by atoms with Crippen molar-refractivity contribution in [2.75, 3.05) is 20.2 Å². The van der Waals surface area contributed by atoms with Crippen molar-refractivity contribution >= 4 is 23.6 Å². The number of amides is 2. The Morgan fingerprint density at radius 2 is 1.56 bits per heavy atom. The first-order chi connectivity index (χ1) is 23.6. The van der Waals surface area contributed by atoms with E-state index in [0.717, 1.165) is 0 Å². The monoisotopic (exact) mass is 721 g/mol. The molecule has 50 heavy (non-hydrogen) atoms. The molecule has 0 radical (unpaired) electrons. The van der Waals surface area contributed by atoms with E-state index in [9.17, 15) is 49.8 Å². The lowest BCUT2D eigenvalue weighted by Crippen LogP contribution is -2.68. The molecule has 2 amide bonds. The highest BCUT2D eigenvalue weighted by molar-refractivity contribution is 5.81. The molecule has 1 saturated carbocycles. The van der Waals surface area contributed by atoms with Crippen LogP contribution in [-0.4, -0.2) is 160 Å². The topological polar surface area (TPSA) is 272 Å². The van der Waals surface area contributed by atoms with Crippen LogP contribution in [0.4, 0.5) is 0 Å². The molecule has 6 unspecified atom stereocenters. The van der Waals surface area contributed by atoms with Gasteiger partial charge in [-0.3, -0.25) is 14.4 Å². The van der Waals surface area contributed by atoms with Crippen LogP contribution in [0.1, 0.15) is 66.2 Å². The van der Waals surface area contributed by atoms with Gasteiger partial charge in [0.25, 0.3) is 0 Å². The Kier molecular flexibility index (Phi) is 16.4. The molecule has 18 heteroatoms. The molecule has 3 rings (SSSR count). The van der Waals surface area contributed by atoms with E-state index < -0.39 is 116 Å². The maximum Gasteiger partial charge on any atom is 0.332 e. The summed E-state index contributed by atoms with van der Waals surface area (Å²) in [7, 11) is 1.76. The first kappa shape index (κ1) is 42.1. The van der Waals surface area contributed by atoms with Crippen LogP contribution in [0.5, 0.6) is 0 Å². The molecular formula is C32H55N3O15. The van der Waals surface area contributed by atoms with E-state index in [1.807, 2.05) is 0 Å². The average Bonchev–Trinajstić information content (AvgIpc) is 3.05. The molecule has 1 aliphatic carbocycles. The number of carboxylic acid groups (broad SMARTS) is 1. The summed E-state index contributed by atoms with van der Waals surface area (Å²) in [5.41, 5.74) is 0. The van der Waals surface area contributed by atoms with Crippen LogP contribution in [-0.2, 0) is 42.9 Å². The molecule has 0 aromatic rings. The van der Waals surface area contributed by atoms with Gasteiger partial charge >= 0.3 is 5.97 Å². The van der Waals surface area contributed by atoms with Gasteiger partial charge in [0.05, 0.1) is 24.9 Å². The van der Waals surface area contributed by atoms with Crippen molar-refractivity contribution in [2.24, 2.45) is 5.92 Å². The van der Waals surface area contributed by atoms with Crippen LogP contribution in [0.25, 0.3) is 0 Å². The van der Waals surface area contributed by atoms with Gasteiger partial charge in [-0.25, -0.2) is 4.79 Å². The number of hydrogen-bond donors (Lipinski definition) is 9. The normalized spacial score (nSPS) is 38.2. The van der Waals surface area contributed by atoms with Crippen LogP contribution >= 0.6 is 0 Å². The molecule has 2 aliphatic heterocycles. The van der Waals surface area contributed by atoms with Crippen LogP contribution in [0, 0.1) is 5.92 Å². The zero-order valence-corrected chi connectivity index (χ0v) is 29.2. The van der Waals surface area contributed by atoms with Crippen molar-refractivity contribution in [1.29, 1.82) is 0 Å². The predicted octanol–water partition coefficient (Wildman–Crippen LogP) is -2.71. The van der Waals surface area contributed by atoms with Gasteiger partial charge in [-0.1, -0.05) is 13.3 Å². The van der Waals surface area contributed by atoms with E-state index in [1.54, 1.807) is 14.0 Å². The van der Waals surface area contributed by atoms with E-state index in [2.05, 4.69) is 16.0 Å². The third kappa shape index (κ3) is 10.8. The molecule has 18 nitrogen and oxygen atoms in total. The van der Waals surface area contributed by atoms with Crippen molar-refractivity contribution in [3.8, 4) is 0 Å².